The second kappa shape index (κ2) is 9.66. The summed E-state index contributed by atoms with van der Waals surface area (Å²) in [6, 6.07) is 5.40. The molecule has 0 radical (unpaired) electrons. The molecule has 0 aliphatic carbocycles. The van der Waals surface area contributed by atoms with Gasteiger partial charge in [0.15, 0.2) is 11.5 Å². The van der Waals surface area contributed by atoms with Crippen molar-refractivity contribution >= 4 is 18.0 Å². The Bertz CT molecular complexity index is 625. The fourth-order valence-corrected chi connectivity index (χ4v) is 2.48. The normalized spacial score (nSPS) is 13.9. The highest BCUT2D eigenvalue weighted by molar-refractivity contribution is 6.35. The van der Waals surface area contributed by atoms with Crippen molar-refractivity contribution in [1.29, 1.82) is 0 Å². The molecule has 0 atom stereocenters. The second-order valence-electron chi connectivity index (χ2n) is 5.69. The van der Waals surface area contributed by atoms with E-state index < -0.39 is 11.8 Å². The van der Waals surface area contributed by atoms with Crippen LogP contribution in [-0.4, -0.2) is 49.2 Å². The number of nitrogens with zero attached hydrogens (tertiary/aromatic N) is 2. The number of hydrogen-bond donors (Lipinski definition) is 1. The first kappa shape index (κ1) is 18.8. The number of carbonyl (C=O) groups is 2. The lowest BCUT2D eigenvalue weighted by atomic mass is 10.2. The van der Waals surface area contributed by atoms with Crippen molar-refractivity contribution in [3.05, 3.63) is 23.8 Å². The Kier molecular flexibility index (Phi) is 7.25. The van der Waals surface area contributed by atoms with E-state index in [0.29, 0.717) is 37.8 Å². The third-order valence-corrected chi connectivity index (χ3v) is 3.70. The average Bonchev–Trinajstić information content (AvgIpc) is 3.15. The summed E-state index contributed by atoms with van der Waals surface area (Å²) in [5.74, 6) is 0.0486. The standard InChI is InChI=1S/C18H25N3O4/c1-3-11-25-15-8-7-14(12-16(15)24-4-2)13-19-20-17(22)18(23)21-9-5-6-10-21/h7-8,12-13H,3-6,9-11H2,1-2H3,(H,20,22)/b19-13+. The summed E-state index contributed by atoms with van der Waals surface area (Å²) in [6.07, 6.45) is 4.26. The minimum Gasteiger partial charge on any atom is -0.490 e. The van der Waals surface area contributed by atoms with Crippen molar-refractivity contribution in [2.45, 2.75) is 33.1 Å². The van der Waals surface area contributed by atoms with Crippen molar-refractivity contribution < 1.29 is 19.1 Å². The monoisotopic (exact) mass is 347 g/mol. The van der Waals surface area contributed by atoms with Crippen LogP contribution in [0.2, 0.25) is 0 Å². The first-order valence-corrected chi connectivity index (χ1v) is 8.67. The molecule has 1 N–H and O–H groups in total. The smallest absolute Gasteiger partial charge is 0.329 e. The van der Waals surface area contributed by atoms with E-state index in [4.69, 9.17) is 9.47 Å². The summed E-state index contributed by atoms with van der Waals surface area (Å²) >= 11 is 0. The molecule has 2 amide bonds. The zero-order valence-electron chi connectivity index (χ0n) is 14.8. The second-order valence-corrected chi connectivity index (χ2v) is 5.69. The zero-order chi connectivity index (χ0) is 18.1. The predicted octanol–water partition coefficient (Wildman–Crippen LogP) is 1.95. The Morgan fingerprint density at radius 3 is 2.64 bits per heavy atom. The summed E-state index contributed by atoms with van der Waals surface area (Å²) < 4.78 is 11.2. The molecule has 1 aliphatic rings. The third-order valence-electron chi connectivity index (χ3n) is 3.70. The molecular formula is C18H25N3O4. The summed E-state index contributed by atoms with van der Waals surface area (Å²) in [5.41, 5.74) is 3.01. The molecule has 0 spiro atoms. The molecule has 1 heterocycles. The lowest BCUT2D eigenvalue weighted by Gasteiger charge is -2.13. The topological polar surface area (TPSA) is 80.2 Å². The van der Waals surface area contributed by atoms with E-state index in [1.807, 2.05) is 19.9 Å². The molecule has 1 saturated heterocycles. The van der Waals surface area contributed by atoms with Crippen molar-refractivity contribution in [2.24, 2.45) is 5.10 Å². The van der Waals surface area contributed by atoms with E-state index in [0.717, 1.165) is 24.8 Å². The minimum atomic E-state index is -0.717. The van der Waals surface area contributed by atoms with Gasteiger partial charge in [-0.2, -0.15) is 5.10 Å². The van der Waals surface area contributed by atoms with Gasteiger partial charge in [0.05, 0.1) is 19.4 Å². The molecule has 7 nitrogen and oxygen atoms in total. The number of carbonyl (C=O) groups excluding carboxylic acids is 2. The van der Waals surface area contributed by atoms with E-state index >= 15 is 0 Å². The Morgan fingerprint density at radius 2 is 1.96 bits per heavy atom. The maximum absolute atomic E-state index is 11.9. The van der Waals surface area contributed by atoms with Gasteiger partial charge in [0, 0.05) is 13.1 Å². The lowest BCUT2D eigenvalue weighted by Crippen LogP contribution is -2.39. The van der Waals surface area contributed by atoms with Crippen LogP contribution in [0.4, 0.5) is 0 Å². The number of hydrazone groups is 1. The Hall–Kier alpha value is -2.57. The Morgan fingerprint density at radius 1 is 1.20 bits per heavy atom. The van der Waals surface area contributed by atoms with Crippen LogP contribution in [-0.2, 0) is 9.59 Å². The largest absolute Gasteiger partial charge is 0.490 e. The number of ether oxygens (including phenoxy) is 2. The van der Waals surface area contributed by atoms with Gasteiger partial charge in [-0.05, 0) is 49.9 Å². The maximum atomic E-state index is 11.9. The molecule has 1 fully saturated rings. The number of hydrogen-bond acceptors (Lipinski definition) is 5. The summed E-state index contributed by atoms with van der Waals surface area (Å²) in [6.45, 7) is 6.33. The van der Waals surface area contributed by atoms with Gasteiger partial charge >= 0.3 is 11.8 Å². The van der Waals surface area contributed by atoms with E-state index in [-0.39, 0.29) is 0 Å². The van der Waals surface area contributed by atoms with Crippen molar-refractivity contribution in [3.63, 3.8) is 0 Å². The van der Waals surface area contributed by atoms with Gasteiger partial charge < -0.3 is 14.4 Å². The van der Waals surface area contributed by atoms with Crippen LogP contribution >= 0.6 is 0 Å². The SMILES string of the molecule is CCCOc1ccc(/C=N/NC(=O)C(=O)N2CCCC2)cc1OCC. The fraction of sp³-hybridized carbons (Fsp3) is 0.500. The van der Waals surface area contributed by atoms with Gasteiger partial charge in [0.1, 0.15) is 0 Å². The van der Waals surface area contributed by atoms with Crippen LogP contribution in [0, 0.1) is 0 Å². The maximum Gasteiger partial charge on any atom is 0.329 e. The third kappa shape index (κ3) is 5.48. The summed E-state index contributed by atoms with van der Waals surface area (Å²) in [4.78, 5) is 25.2. The molecule has 0 bridgehead atoms. The van der Waals surface area contributed by atoms with Gasteiger partial charge in [0.25, 0.3) is 0 Å². The molecule has 7 heteroatoms. The molecule has 25 heavy (non-hydrogen) atoms. The van der Waals surface area contributed by atoms with Gasteiger partial charge in [-0.25, -0.2) is 5.43 Å². The average molecular weight is 347 g/mol. The van der Waals surface area contributed by atoms with Gasteiger partial charge in [0.2, 0.25) is 0 Å². The quantitative estimate of drug-likeness (QED) is 0.464. The molecule has 2 rings (SSSR count). The first-order chi connectivity index (χ1) is 12.2. The number of amides is 2. The molecule has 1 aromatic rings. The summed E-state index contributed by atoms with van der Waals surface area (Å²) in [7, 11) is 0. The van der Waals surface area contributed by atoms with Crippen molar-refractivity contribution in [1.82, 2.24) is 10.3 Å². The number of nitrogens with one attached hydrogen (secondary N) is 1. The van der Waals surface area contributed by atoms with Crippen LogP contribution < -0.4 is 14.9 Å². The van der Waals surface area contributed by atoms with Crippen LogP contribution in [0.5, 0.6) is 11.5 Å². The number of rotatable bonds is 7. The molecule has 0 unspecified atom stereocenters. The lowest BCUT2D eigenvalue weighted by molar-refractivity contribution is -0.145. The predicted molar refractivity (Wildman–Crippen MR) is 94.9 cm³/mol. The molecule has 0 aromatic heterocycles. The van der Waals surface area contributed by atoms with Gasteiger partial charge in [-0.3, -0.25) is 9.59 Å². The van der Waals surface area contributed by atoms with Crippen molar-refractivity contribution in [2.75, 3.05) is 26.3 Å². The highest BCUT2D eigenvalue weighted by Gasteiger charge is 2.23. The molecule has 0 saturated carbocycles. The molecule has 136 valence electrons. The highest BCUT2D eigenvalue weighted by atomic mass is 16.5. The highest BCUT2D eigenvalue weighted by Crippen LogP contribution is 2.28. The zero-order valence-corrected chi connectivity index (χ0v) is 14.8. The number of likely N-dealkylation sites (tertiary alicyclic amines) is 1. The number of benzene rings is 1. The Balaban J connectivity index is 1.96. The first-order valence-electron chi connectivity index (χ1n) is 8.67. The van der Waals surface area contributed by atoms with E-state index in [1.165, 1.54) is 11.1 Å². The van der Waals surface area contributed by atoms with Gasteiger partial charge in [-0.15, -0.1) is 0 Å². The van der Waals surface area contributed by atoms with Crippen LogP contribution in [0.25, 0.3) is 0 Å². The van der Waals surface area contributed by atoms with Crippen LogP contribution in [0.3, 0.4) is 0 Å². The van der Waals surface area contributed by atoms with E-state index in [9.17, 15) is 9.59 Å². The molecular weight excluding hydrogens is 322 g/mol. The van der Waals surface area contributed by atoms with E-state index in [2.05, 4.69) is 10.5 Å². The molecule has 1 aliphatic heterocycles. The van der Waals surface area contributed by atoms with E-state index in [1.54, 1.807) is 12.1 Å². The van der Waals surface area contributed by atoms with Crippen LogP contribution in [0.15, 0.2) is 23.3 Å². The molecule has 1 aromatic carbocycles. The Labute approximate surface area is 148 Å². The minimum absolute atomic E-state index is 0.518. The van der Waals surface area contributed by atoms with Crippen LogP contribution in [0.1, 0.15) is 38.7 Å². The van der Waals surface area contributed by atoms with Crippen molar-refractivity contribution in [3.8, 4) is 11.5 Å². The van der Waals surface area contributed by atoms with Gasteiger partial charge in [-0.1, -0.05) is 6.92 Å². The summed E-state index contributed by atoms with van der Waals surface area (Å²) in [5, 5.41) is 3.86. The fourth-order valence-electron chi connectivity index (χ4n) is 2.48.